The summed E-state index contributed by atoms with van der Waals surface area (Å²) in [5.41, 5.74) is 1.25. The van der Waals surface area contributed by atoms with Crippen molar-refractivity contribution in [3.63, 3.8) is 0 Å². The summed E-state index contributed by atoms with van der Waals surface area (Å²) < 4.78 is 10.8. The van der Waals surface area contributed by atoms with Crippen molar-refractivity contribution < 1.29 is 24.5 Å². The fourth-order valence-corrected chi connectivity index (χ4v) is 2.12. The summed E-state index contributed by atoms with van der Waals surface area (Å²) in [5.74, 6) is 0.207. The number of benzene rings is 1. The number of nitrogens with zero attached hydrogens (tertiary/aromatic N) is 1. The van der Waals surface area contributed by atoms with Crippen LogP contribution in [-0.4, -0.2) is 45.2 Å². The topological polar surface area (TPSA) is 96.0 Å². The second-order valence-electron chi connectivity index (χ2n) is 4.28. The number of rotatable bonds is 2. The molecule has 1 aromatic heterocycles. The SMILES string of the molecule is OC[C@H]1O[C@@H](c2nc3ccccc3o2)[C@H](O)[C@@H]1O. The number of aliphatic hydroxyl groups excluding tert-OH is 3. The molecular weight excluding hydrogens is 238 g/mol. The maximum Gasteiger partial charge on any atom is 0.227 e. The lowest BCUT2D eigenvalue weighted by molar-refractivity contribution is -0.0303. The van der Waals surface area contributed by atoms with Crippen LogP contribution in [0.25, 0.3) is 11.1 Å². The molecule has 4 atom stereocenters. The monoisotopic (exact) mass is 251 g/mol. The third-order valence-electron chi connectivity index (χ3n) is 3.10. The molecule has 0 amide bonds. The lowest BCUT2D eigenvalue weighted by Crippen LogP contribution is -2.32. The third kappa shape index (κ3) is 1.70. The van der Waals surface area contributed by atoms with E-state index in [9.17, 15) is 10.2 Å². The molecule has 1 saturated heterocycles. The Bertz CT molecular complexity index is 521. The Labute approximate surface area is 102 Å². The molecule has 0 unspecified atom stereocenters. The Kier molecular flexibility index (Phi) is 2.79. The van der Waals surface area contributed by atoms with Gasteiger partial charge in [-0.15, -0.1) is 0 Å². The van der Waals surface area contributed by atoms with E-state index in [1.54, 1.807) is 12.1 Å². The number of aromatic nitrogens is 1. The average molecular weight is 251 g/mol. The minimum Gasteiger partial charge on any atom is -0.438 e. The summed E-state index contributed by atoms with van der Waals surface area (Å²) in [6.45, 7) is -0.366. The van der Waals surface area contributed by atoms with Crippen molar-refractivity contribution in [3.05, 3.63) is 30.2 Å². The zero-order chi connectivity index (χ0) is 12.7. The number of hydrogen-bond donors (Lipinski definition) is 3. The van der Waals surface area contributed by atoms with Crippen molar-refractivity contribution >= 4 is 11.1 Å². The third-order valence-corrected chi connectivity index (χ3v) is 3.10. The van der Waals surface area contributed by atoms with Gasteiger partial charge in [-0.2, -0.15) is 0 Å². The van der Waals surface area contributed by atoms with Crippen LogP contribution in [0.15, 0.2) is 28.7 Å². The molecule has 3 N–H and O–H groups in total. The molecule has 96 valence electrons. The number of fused-ring (bicyclic) bond motifs is 1. The quantitative estimate of drug-likeness (QED) is 0.694. The standard InChI is InChI=1S/C12H13NO5/c14-5-8-9(15)10(16)11(17-8)12-13-6-3-1-2-4-7(6)18-12/h1-4,8-11,14-16H,5H2/t8-,9-,10-,11-/m1/s1. The Balaban J connectivity index is 1.95. The molecule has 1 aliphatic heterocycles. The average Bonchev–Trinajstić information content (AvgIpc) is 2.92. The van der Waals surface area contributed by atoms with Gasteiger partial charge in [0.15, 0.2) is 11.7 Å². The predicted octanol–water partition coefficient (Wildman–Crippen LogP) is -0.0182. The first-order valence-corrected chi connectivity index (χ1v) is 5.68. The zero-order valence-corrected chi connectivity index (χ0v) is 9.43. The van der Waals surface area contributed by atoms with Gasteiger partial charge in [0.05, 0.1) is 6.61 Å². The maximum atomic E-state index is 9.85. The number of aliphatic hydroxyl groups is 3. The summed E-state index contributed by atoms with van der Waals surface area (Å²) in [4.78, 5) is 4.20. The lowest BCUT2D eigenvalue weighted by atomic mass is 10.1. The number of ether oxygens (including phenoxy) is 1. The highest BCUT2D eigenvalue weighted by atomic mass is 16.6. The summed E-state index contributed by atoms with van der Waals surface area (Å²) in [7, 11) is 0. The number of hydrogen-bond acceptors (Lipinski definition) is 6. The van der Waals surface area contributed by atoms with E-state index in [2.05, 4.69) is 4.98 Å². The smallest absolute Gasteiger partial charge is 0.227 e. The predicted molar refractivity (Wildman–Crippen MR) is 60.7 cm³/mol. The van der Waals surface area contributed by atoms with Crippen molar-refractivity contribution in [2.75, 3.05) is 6.61 Å². The van der Waals surface area contributed by atoms with E-state index < -0.39 is 24.4 Å². The van der Waals surface area contributed by atoms with Crippen molar-refractivity contribution in [1.29, 1.82) is 0 Å². The number of oxazole rings is 1. The molecule has 18 heavy (non-hydrogen) atoms. The van der Waals surface area contributed by atoms with Crippen molar-refractivity contribution in [2.45, 2.75) is 24.4 Å². The second kappa shape index (κ2) is 4.33. The molecule has 0 spiro atoms. The molecule has 6 nitrogen and oxygen atoms in total. The van der Waals surface area contributed by atoms with Crippen LogP contribution in [0.5, 0.6) is 0 Å². The van der Waals surface area contributed by atoms with Gasteiger partial charge in [-0.05, 0) is 12.1 Å². The molecule has 0 saturated carbocycles. The zero-order valence-electron chi connectivity index (χ0n) is 9.43. The maximum absolute atomic E-state index is 9.85. The van der Waals surface area contributed by atoms with E-state index in [4.69, 9.17) is 14.3 Å². The van der Waals surface area contributed by atoms with Crippen LogP contribution in [0.2, 0.25) is 0 Å². The van der Waals surface area contributed by atoms with Crippen LogP contribution in [0.1, 0.15) is 12.0 Å². The first-order chi connectivity index (χ1) is 8.70. The fourth-order valence-electron chi connectivity index (χ4n) is 2.12. The molecule has 2 aromatic rings. The Morgan fingerprint density at radius 3 is 2.61 bits per heavy atom. The van der Waals surface area contributed by atoms with E-state index in [1.807, 2.05) is 12.1 Å². The van der Waals surface area contributed by atoms with Crippen LogP contribution in [0, 0.1) is 0 Å². The normalized spacial score (nSPS) is 32.2. The summed E-state index contributed by atoms with van der Waals surface area (Å²) in [6, 6.07) is 7.18. The van der Waals surface area contributed by atoms with Crippen molar-refractivity contribution in [3.8, 4) is 0 Å². The van der Waals surface area contributed by atoms with Crippen LogP contribution in [0.3, 0.4) is 0 Å². The highest BCUT2D eigenvalue weighted by Crippen LogP contribution is 2.34. The molecule has 0 radical (unpaired) electrons. The first-order valence-electron chi connectivity index (χ1n) is 5.68. The molecule has 1 aliphatic rings. The minimum absolute atomic E-state index is 0.207. The van der Waals surface area contributed by atoms with E-state index in [-0.39, 0.29) is 12.5 Å². The van der Waals surface area contributed by atoms with Crippen molar-refractivity contribution in [1.82, 2.24) is 4.98 Å². The number of para-hydroxylation sites is 2. The Morgan fingerprint density at radius 1 is 1.17 bits per heavy atom. The van der Waals surface area contributed by atoms with Gasteiger partial charge >= 0.3 is 0 Å². The molecule has 3 rings (SSSR count). The fraction of sp³-hybridized carbons (Fsp3) is 0.417. The van der Waals surface area contributed by atoms with Crippen LogP contribution < -0.4 is 0 Å². The minimum atomic E-state index is -1.16. The van der Waals surface area contributed by atoms with Gasteiger partial charge in [0.25, 0.3) is 0 Å². The molecular formula is C12H13NO5. The van der Waals surface area contributed by atoms with Crippen LogP contribution in [0.4, 0.5) is 0 Å². The highest BCUT2D eigenvalue weighted by Gasteiger charge is 2.45. The second-order valence-corrected chi connectivity index (χ2v) is 4.28. The summed E-state index contributed by atoms with van der Waals surface area (Å²) in [5, 5.41) is 28.5. The van der Waals surface area contributed by atoms with Crippen LogP contribution >= 0.6 is 0 Å². The van der Waals surface area contributed by atoms with Gasteiger partial charge in [0.1, 0.15) is 23.8 Å². The molecule has 0 bridgehead atoms. The summed E-state index contributed by atoms with van der Waals surface area (Å²) in [6.07, 6.45) is -3.98. The van der Waals surface area contributed by atoms with E-state index in [0.29, 0.717) is 11.1 Å². The molecule has 2 heterocycles. The van der Waals surface area contributed by atoms with Crippen LogP contribution in [-0.2, 0) is 4.74 Å². The van der Waals surface area contributed by atoms with E-state index >= 15 is 0 Å². The van der Waals surface area contributed by atoms with Crippen molar-refractivity contribution in [2.24, 2.45) is 0 Å². The molecule has 1 fully saturated rings. The van der Waals surface area contributed by atoms with Gasteiger partial charge < -0.3 is 24.5 Å². The molecule has 6 heteroatoms. The first kappa shape index (κ1) is 11.6. The molecule has 0 aliphatic carbocycles. The van der Waals surface area contributed by atoms with Gasteiger partial charge in [-0.25, -0.2) is 4.98 Å². The van der Waals surface area contributed by atoms with Gasteiger partial charge in [0, 0.05) is 0 Å². The van der Waals surface area contributed by atoms with E-state index in [0.717, 1.165) is 0 Å². The Morgan fingerprint density at radius 2 is 1.94 bits per heavy atom. The Hall–Kier alpha value is -1.47. The molecule has 1 aromatic carbocycles. The summed E-state index contributed by atoms with van der Waals surface area (Å²) >= 11 is 0. The van der Waals surface area contributed by atoms with Gasteiger partial charge in [-0.1, -0.05) is 12.1 Å². The lowest BCUT2D eigenvalue weighted by Gasteiger charge is -2.10. The van der Waals surface area contributed by atoms with Gasteiger partial charge in [-0.3, -0.25) is 0 Å². The van der Waals surface area contributed by atoms with Gasteiger partial charge in [0.2, 0.25) is 5.89 Å². The largest absolute Gasteiger partial charge is 0.438 e. The highest BCUT2D eigenvalue weighted by molar-refractivity contribution is 5.72. The van der Waals surface area contributed by atoms with E-state index in [1.165, 1.54) is 0 Å².